The summed E-state index contributed by atoms with van der Waals surface area (Å²) in [6.07, 6.45) is 33.1. The lowest BCUT2D eigenvalue weighted by Gasteiger charge is -2.58. The van der Waals surface area contributed by atoms with Crippen LogP contribution >= 0.6 is 0 Å². The van der Waals surface area contributed by atoms with Gasteiger partial charge < -0.3 is 14.2 Å². The molecule has 7 heteroatoms. The monoisotopic (exact) mass is 1140 g/mol. The number of allylic oxidation sites excluding steroid dienone is 1. The van der Waals surface area contributed by atoms with Crippen molar-refractivity contribution in [3.05, 3.63) is 137 Å². The fraction of sp³-hybridized carbons (Fsp3) is 0.610. The van der Waals surface area contributed by atoms with Crippen molar-refractivity contribution in [1.29, 1.82) is 5.26 Å². The van der Waals surface area contributed by atoms with Gasteiger partial charge in [0, 0.05) is 12.8 Å². The van der Waals surface area contributed by atoms with Gasteiger partial charge in [-0.2, -0.15) is 5.26 Å². The van der Waals surface area contributed by atoms with Gasteiger partial charge in [-0.05, 0) is 202 Å². The number of unbranched alkanes of at least 4 members (excludes halogenated alkanes) is 8. The van der Waals surface area contributed by atoms with Gasteiger partial charge in [-0.15, -0.1) is 0 Å². The van der Waals surface area contributed by atoms with Gasteiger partial charge in [0.1, 0.15) is 11.9 Å². The minimum absolute atomic E-state index is 0.0522. The Morgan fingerprint density at radius 1 is 0.643 bits per heavy atom. The third-order valence-corrected chi connectivity index (χ3v) is 20.2. The average Bonchev–Trinajstić information content (AvgIpc) is 1.67. The Hall–Kier alpha value is -5.48. The molecule has 0 bridgehead atoms. The first-order valence-corrected chi connectivity index (χ1v) is 33.5. The van der Waals surface area contributed by atoms with Crippen molar-refractivity contribution in [2.45, 2.75) is 249 Å². The summed E-state index contributed by atoms with van der Waals surface area (Å²) in [6, 6.07) is 32.2. The molecule has 84 heavy (non-hydrogen) atoms. The van der Waals surface area contributed by atoms with Gasteiger partial charge in [0.15, 0.2) is 0 Å². The summed E-state index contributed by atoms with van der Waals surface area (Å²) < 4.78 is 16.9. The molecule has 10 atom stereocenters. The number of nitrogens with zero attached hydrogens (tertiary/aromatic N) is 1. The van der Waals surface area contributed by atoms with E-state index in [2.05, 4.69) is 98.7 Å². The average molecular weight is 1140 g/mol. The number of carbonyl (C=O) groups excluding carboxylic acids is 3. The highest BCUT2D eigenvalue weighted by molar-refractivity contribution is 5.92. The standard InChI is InChI=1S/C36H62O2.C23H28O4.C18H19N/c1-7-8-9-10-11-12-16-34(37)38-29-21-23-35(5)28(25-29)17-18-30-32-20-19-31(27(4)15-13-14-26(2)3)36(32,6)24-22-33(30)35;1-4-5-6-7-8-18(3)26-22(24)20-13-15-21(16-14-20)27-23(25)19-11-9-17(2)10-12-19;1-3-14(2)12-15-4-8-17(9-5-15)18-10-6-16(13-19)7-11-18/h17,26-27,29-33H,7-16,18-25H2,1-6H3;9-16,18H,4-8H2,1-3H3;4-11,14H,3,12H2,1-2H3/t27-,29+,30+,31-,32+,33+,35+,36-;;/m1../s1. The summed E-state index contributed by atoms with van der Waals surface area (Å²) >= 11 is 0. The van der Waals surface area contributed by atoms with E-state index in [4.69, 9.17) is 19.5 Å². The van der Waals surface area contributed by atoms with Crippen LogP contribution in [0.3, 0.4) is 0 Å². The van der Waals surface area contributed by atoms with Crippen molar-refractivity contribution in [3.8, 4) is 22.9 Å². The van der Waals surface area contributed by atoms with Gasteiger partial charge in [0.2, 0.25) is 0 Å². The van der Waals surface area contributed by atoms with Crippen LogP contribution in [0.15, 0.2) is 109 Å². The van der Waals surface area contributed by atoms with Crippen LogP contribution in [0.1, 0.15) is 261 Å². The van der Waals surface area contributed by atoms with E-state index < -0.39 is 5.97 Å². The molecule has 4 aromatic carbocycles. The quantitative estimate of drug-likeness (QED) is 0.0267. The minimum Gasteiger partial charge on any atom is -0.462 e. The fourth-order valence-electron chi connectivity index (χ4n) is 14.8. The maximum absolute atomic E-state index is 12.6. The first-order chi connectivity index (χ1) is 40.4. The number of nitriles is 1. The van der Waals surface area contributed by atoms with Gasteiger partial charge in [-0.3, -0.25) is 4.79 Å². The van der Waals surface area contributed by atoms with E-state index in [9.17, 15) is 14.4 Å². The highest BCUT2D eigenvalue weighted by Crippen LogP contribution is 2.67. The second-order valence-electron chi connectivity index (χ2n) is 27.1. The van der Waals surface area contributed by atoms with E-state index in [1.807, 2.05) is 50.2 Å². The first kappa shape index (κ1) is 67.6. The molecule has 4 aliphatic rings. The van der Waals surface area contributed by atoms with Crippen LogP contribution in [0, 0.1) is 70.5 Å². The summed E-state index contributed by atoms with van der Waals surface area (Å²) in [4.78, 5) is 36.9. The van der Waals surface area contributed by atoms with E-state index in [0.717, 1.165) is 91.1 Å². The minimum atomic E-state index is -0.425. The molecule has 0 heterocycles. The zero-order valence-corrected chi connectivity index (χ0v) is 54.1. The van der Waals surface area contributed by atoms with Crippen LogP contribution < -0.4 is 4.74 Å². The molecule has 2 unspecified atom stereocenters. The van der Waals surface area contributed by atoms with Crippen LogP contribution in [0.2, 0.25) is 0 Å². The predicted octanol–water partition coefficient (Wildman–Crippen LogP) is 21.2. The number of benzene rings is 4. The van der Waals surface area contributed by atoms with Crippen molar-refractivity contribution in [1.82, 2.24) is 0 Å². The summed E-state index contributed by atoms with van der Waals surface area (Å²) in [5, 5.41) is 8.79. The fourth-order valence-corrected chi connectivity index (χ4v) is 14.8. The Labute approximate surface area is 509 Å². The highest BCUT2D eigenvalue weighted by Gasteiger charge is 2.59. The first-order valence-electron chi connectivity index (χ1n) is 33.5. The largest absolute Gasteiger partial charge is 0.462 e. The smallest absolute Gasteiger partial charge is 0.343 e. The van der Waals surface area contributed by atoms with E-state index >= 15 is 0 Å². The third-order valence-electron chi connectivity index (χ3n) is 20.2. The summed E-state index contributed by atoms with van der Waals surface area (Å²) in [5.74, 6) is 5.70. The van der Waals surface area contributed by atoms with E-state index in [0.29, 0.717) is 39.7 Å². The van der Waals surface area contributed by atoms with Crippen LogP contribution in [0.25, 0.3) is 11.1 Å². The van der Waals surface area contributed by atoms with Gasteiger partial charge in [0.25, 0.3) is 0 Å². The lowest BCUT2D eigenvalue weighted by Crippen LogP contribution is -2.51. The molecular formula is C77H109NO6. The number of aryl methyl sites for hydroxylation is 1. The number of esters is 3. The van der Waals surface area contributed by atoms with E-state index in [1.165, 1.54) is 127 Å². The highest BCUT2D eigenvalue weighted by atomic mass is 16.5. The Morgan fingerprint density at radius 3 is 1.90 bits per heavy atom. The van der Waals surface area contributed by atoms with Crippen molar-refractivity contribution in [3.63, 3.8) is 0 Å². The third kappa shape index (κ3) is 19.8. The zero-order valence-electron chi connectivity index (χ0n) is 54.1. The molecular weight excluding hydrogens is 1030 g/mol. The van der Waals surface area contributed by atoms with Crippen molar-refractivity contribution < 1.29 is 28.6 Å². The molecule has 0 radical (unpaired) electrons. The Bertz CT molecular complexity index is 2680. The Balaban J connectivity index is 0.000000215. The molecule has 4 aromatic rings. The summed E-state index contributed by atoms with van der Waals surface area (Å²) in [6.45, 7) is 25.4. The molecule has 7 nitrogen and oxygen atoms in total. The molecule has 0 spiro atoms. The molecule has 0 aromatic heterocycles. The maximum Gasteiger partial charge on any atom is 0.343 e. The van der Waals surface area contributed by atoms with E-state index in [-0.39, 0.29) is 24.1 Å². The molecule has 0 aliphatic heterocycles. The number of hydrogen-bond donors (Lipinski definition) is 0. The SMILES string of the molecule is CCC(C)Cc1ccc(-c2ccc(C#N)cc2)cc1.CCCCCCC(C)OC(=O)c1ccc(OC(=O)c2ccc(C)cc2)cc1.CCCCCCCCC(=O)O[C@H]1CC[C@@]2(C)C(=CC[C@H]3[C@@H]4CC[C@H]([C@H](C)CCCC(C)C)[C@@]4(C)CC[C@@H]32)C1. The molecule has 0 saturated heterocycles. The lowest BCUT2D eigenvalue weighted by molar-refractivity contribution is -0.151. The Kier molecular flexibility index (Phi) is 27.4. The normalized spacial score (nSPS) is 23.3. The topological polar surface area (TPSA) is 103 Å². The maximum atomic E-state index is 12.6. The molecule has 4 aliphatic carbocycles. The number of hydrogen-bond acceptors (Lipinski definition) is 7. The van der Waals surface area contributed by atoms with E-state index in [1.54, 1.807) is 42.0 Å². The molecule has 3 fully saturated rings. The van der Waals surface area contributed by atoms with Crippen molar-refractivity contribution >= 4 is 17.9 Å². The molecule has 3 saturated carbocycles. The van der Waals surface area contributed by atoms with Crippen LogP contribution in [0.4, 0.5) is 0 Å². The predicted molar refractivity (Wildman–Crippen MR) is 347 cm³/mol. The van der Waals surface area contributed by atoms with Crippen molar-refractivity contribution in [2.24, 2.45) is 52.3 Å². The zero-order chi connectivity index (χ0) is 60.7. The summed E-state index contributed by atoms with van der Waals surface area (Å²) in [5.41, 5.74) is 9.02. The summed E-state index contributed by atoms with van der Waals surface area (Å²) in [7, 11) is 0. The molecule has 458 valence electrons. The van der Waals surface area contributed by atoms with Crippen molar-refractivity contribution in [2.75, 3.05) is 0 Å². The van der Waals surface area contributed by atoms with Crippen LogP contribution in [0.5, 0.6) is 5.75 Å². The van der Waals surface area contributed by atoms with Gasteiger partial charge in [-0.1, -0.05) is 205 Å². The van der Waals surface area contributed by atoms with Gasteiger partial charge in [0.05, 0.1) is 28.9 Å². The van der Waals surface area contributed by atoms with Crippen LogP contribution in [-0.2, 0) is 20.7 Å². The van der Waals surface area contributed by atoms with Gasteiger partial charge >= 0.3 is 17.9 Å². The second kappa shape index (κ2) is 34.0. The number of ether oxygens (including phenoxy) is 3. The number of rotatable bonds is 26. The van der Waals surface area contributed by atoms with Gasteiger partial charge in [-0.25, -0.2) is 9.59 Å². The Morgan fingerprint density at radius 2 is 1.26 bits per heavy atom. The lowest BCUT2D eigenvalue weighted by atomic mass is 9.47. The number of fused-ring (bicyclic) bond motifs is 5. The van der Waals surface area contributed by atoms with Crippen LogP contribution in [-0.4, -0.2) is 30.1 Å². The molecule has 0 N–H and O–H groups in total. The molecule has 8 rings (SSSR count). The number of carbonyl (C=O) groups is 3. The molecule has 0 amide bonds. The second-order valence-corrected chi connectivity index (χ2v) is 27.1.